The van der Waals surface area contributed by atoms with Crippen LogP contribution in [0.3, 0.4) is 0 Å². The van der Waals surface area contributed by atoms with E-state index in [1.807, 2.05) is 12.1 Å². The van der Waals surface area contributed by atoms with Crippen molar-refractivity contribution in [2.45, 2.75) is 26.2 Å². The molecule has 0 aliphatic carbocycles. The van der Waals surface area contributed by atoms with Gasteiger partial charge in [-0.2, -0.15) is 0 Å². The first kappa shape index (κ1) is 12.7. The fourth-order valence-corrected chi connectivity index (χ4v) is 2.22. The Morgan fingerprint density at radius 3 is 2.22 bits per heavy atom. The SMILES string of the molecule is COc1ccc(Cc2ccccc2C(C)C)cc1. The topological polar surface area (TPSA) is 9.23 Å². The first-order valence-electron chi connectivity index (χ1n) is 6.41. The molecule has 0 aliphatic heterocycles. The number of hydrogen-bond acceptors (Lipinski definition) is 1. The van der Waals surface area contributed by atoms with E-state index in [9.17, 15) is 0 Å². The van der Waals surface area contributed by atoms with E-state index in [0.717, 1.165) is 12.2 Å². The highest BCUT2D eigenvalue weighted by atomic mass is 16.5. The van der Waals surface area contributed by atoms with Crippen molar-refractivity contribution in [2.24, 2.45) is 0 Å². The van der Waals surface area contributed by atoms with Gasteiger partial charge >= 0.3 is 0 Å². The van der Waals surface area contributed by atoms with Crippen molar-refractivity contribution in [3.05, 3.63) is 65.2 Å². The third kappa shape index (κ3) is 2.92. The molecule has 1 nitrogen and oxygen atoms in total. The Kier molecular flexibility index (Phi) is 4.03. The van der Waals surface area contributed by atoms with Gasteiger partial charge in [0.2, 0.25) is 0 Å². The van der Waals surface area contributed by atoms with Gasteiger partial charge in [-0.25, -0.2) is 0 Å². The smallest absolute Gasteiger partial charge is 0.118 e. The Bertz CT molecular complexity index is 497. The molecule has 0 radical (unpaired) electrons. The predicted octanol–water partition coefficient (Wildman–Crippen LogP) is 4.41. The van der Waals surface area contributed by atoms with Gasteiger partial charge < -0.3 is 4.74 Å². The average Bonchev–Trinajstić information content (AvgIpc) is 2.40. The molecule has 2 aromatic carbocycles. The van der Waals surface area contributed by atoms with Crippen LogP contribution >= 0.6 is 0 Å². The Balaban J connectivity index is 2.22. The molecule has 0 spiro atoms. The molecule has 18 heavy (non-hydrogen) atoms. The number of methoxy groups -OCH3 is 1. The van der Waals surface area contributed by atoms with Crippen LogP contribution in [0.1, 0.15) is 36.5 Å². The van der Waals surface area contributed by atoms with E-state index in [1.54, 1.807) is 7.11 Å². The largest absolute Gasteiger partial charge is 0.497 e. The van der Waals surface area contributed by atoms with Crippen molar-refractivity contribution >= 4 is 0 Å². The fourth-order valence-electron chi connectivity index (χ4n) is 2.22. The molecule has 0 atom stereocenters. The molecule has 2 aromatic rings. The zero-order valence-electron chi connectivity index (χ0n) is 11.3. The summed E-state index contributed by atoms with van der Waals surface area (Å²) in [4.78, 5) is 0. The molecule has 0 bridgehead atoms. The molecular weight excluding hydrogens is 220 g/mol. The van der Waals surface area contributed by atoms with Gasteiger partial charge in [-0.05, 0) is 41.2 Å². The molecule has 0 fully saturated rings. The summed E-state index contributed by atoms with van der Waals surface area (Å²) in [6.07, 6.45) is 0.984. The number of rotatable bonds is 4. The number of benzene rings is 2. The maximum absolute atomic E-state index is 5.18. The fraction of sp³-hybridized carbons (Fsp3) is 0.294. The van der Waals surface area contributed by atoms with E-state index in [-0.39, 0.29) is 0 Å². The van der Waals surface area contributed by atoms with Crippen LogP contribution in [0.2, 0.25) is 0 Å². The molecule has 0 heterocycles. The summed E-state index contributed by atoms with van der Waals surface area (Å²) in [6, 6.07) is 17.0. The summed E-state index contributed by atoms with van der Waals surface area (Å²) in [7, 11) is 1.70. The summed E-state index contributed by atoms with van der Waals surface area (Å²) in [5.41, 5.74) is 4.18. The van der Waals surface area contributed by atoms with Gasteiger partial charge in [0.05, 0.1) is 7.11 Å². The lowest BCUT2D eigenvalue weighted by Crippen LogP contribution is -1.97. The third-order valence-corrected chi connectivity index (χ3v) is 3.23. The van der Waals surface area contributed by atoms with Gasteiger partial charge in [-0.1, -0.05) is 50.2 Å². The Morgan fingerprint density at radius 1 is 0.944 bits per heavy atom. The minimum absolute atomic E-state index is 0.569. The normalized spacial score (nSPS) is 10.7. The summed E-state index contributed by atoms with van der Waals surface area (Å²) in [5, 5.41) is 0. The first-order chi connectivity index (χ1) is 8.70. The summed E-state index contributed by atoms with van der Waals surface area (Å²) >= 11 is 0. The van der Waals surface area contributed by atoms with Crippen LogP contribution in [0.4, 0.5) is 0 Å². The monoisotopic (exact) mass is 240 g/mol. The Morgan fingerprint density at radius 2 is 1.61 bits per heavy atom. The maximum atomic E-state index is 5.18. The Labute approximate surface area is 109 Å². The molecular formula is C17H20O. The molecule has 0 aromatic heterocycles. The molecule has 0 saturated heterocycles. The van der Waals surface area contributed by atoms with Crippen LogP contribution in [0, 0.1) is 0 Å². The van der Waals surface area contributed by atoms with E-state index in [0.29, 0.717) is 5.92 Å². The summed E-state index contributed by atoms with van der Waals surface area (Å²) < 4.78 is 5.18. The van der Waals surface area contributed by atoms with Crippen LogP contribution in [0.5, 0.6) is 5.75 Å². The lowest BCUT2D eigenvalue weighted by molar-refractivity contribution is 0.414. The van der Waals surface area contributed by atoms with Crippen LogP contribution in [-0.2, 0) is 6.42 Å². The molecule has 0 saturated carbocycles. The van der Waals surface area contributed by atoms with Crippen molar-refractivity contribution in [2.75, 3.05) is 7.11 Å². The van der Waals surface area contributed by atoms with Gasteiger partial charge in [0.25, 0.3) is 0 Å². The van der Waals surface area contributed by atoms with Crippen molar-refractivity contribution in [1.82, 2.24) is 0 Å². The van der Waals surface area contributed by atoms with Crippen LogP contribution in [-0.4, -0.2) is 7.11 Å². The van der Waals surface area contributed by atoms with E-state index >= 15 is 0 Å². The quantitative estimate of drug-likeness (QED) is 0.769. The van der Waals surface area contributed by atoms with Gasteiger partial charge in [-0.15, -0.1) is 0 Å². The summed E-state index contributed by atoms with van der Waals surface area (Å²) in [5.74, 6) is 1.48. The van der Waals surface area contributed by atoms with Crippen molar-refractivity contribution in [3.63, 3.8) is 0 Å². The van der Waals surface area contributed by atoms with Crippen LogP contribution in [0.25, 0.3) is 0 Å². The lowest BCUT2D eigenvalue weighted by Gasteiger charge is -2.12. The van der Waals surface area contributed by atoms with Crippen molar-refractivity contribution < 1.29 is 4.74 Å². The van der Waals surface area contributed by atoms with Crippen molar-refractivity contribution in [1.29, 1.82) is 0 Å². The predicted molar refractivity (Wildman–Crippen MR) is 76.3 cm³/mol. The highest BCUT2D eigenvalue weighted by Crippen LogP contribution is 2.22. The van der Waals surface area contributed by atoms with Gasteiger partial charge in [0.1, 0.15) is 5.75 Å². The Hall–Kier alpha value is -1.76. The van der Waals surface area contributed by atoms with Gasteiger partial charge in [0, 0.05) is 0 Å². The number of hydrogen-bond donors (Lipinski definition) is 0. The molecule has 2 rings (SSSR count). The zero-order chi connectivity index (χ0) is 13.0. The van der Waals surface area contributed by atoms with Gasteiger partial charge in [0.15, 0.2) is 0 Å². The zero-order valence-corrected chi connectivity index (χ0v) is 11.3. The van der Waals surface area contributed by atoms with E-state index < -0.39 is 0 Å². The maximum Gasteiger partial charge on any atom is 0.118 e. The summed E-state index contributed by atoms with van der Waals surface area (Å²) in [6.45, 7) is 4.49. The second kappa shape index (κ2) is 5.72. The van der Waals surface area contributed by atoms with E-state index in [2.05, 4.69) is 50.2 Å². The standard InChI is InChI=1S/C17H20O/c1-13(2)17-7-5-4-6-15(17)12-14-8-10-16(18-3)11-9-14/h4-11,13H,12H2,1-3H3. The highest BCUT2D eigenvalue weighted by Gasteiger charge is 2.06. The molecule has 0 amide bonds. The second-order valence-electron chi connectivity index (χ2n) is 4.88. The number of ether oxygens (including phenoxy) is 1. The van der Waals surface area contributed by atoms with E-state index in [1.165, 1.54) is 16.7 Å². The van der Waals surface area contributed by atoms with Crippen molar-refractivity contribution in [3.8, 4) is 5.75 Å². The minimum Gasteiger partial charge on any atom is -0.497 e. The average molecular weight is 240 g/mol. The molecule has 0 unspecified atom stereocenters. The highest BCUT2D eigenvalue weighted by molar-refractivity contribution is 5.36. The van der Waals surface area contributed by atoms with Crippen LogP contribution < -0.4 is 4.74 Å². The molecule has 94 valence electrons. The molecule has 0 aliphatic rings. The van der Waals surface area contributed by atoms with Crippen LogP contribution in [0.15, 0.2) is 48.5 Å². The lowest BCUT2D eigenvalue weighted by atomic mass is 9.93. The molecule has 1 heteroatoms. The van der Waals surface area contributed by atoms with Gasteiger partial charge in [-0.3, -0.25) is 0 Å². The first-order valence-corrected chi connectivity index (χ1v) is 6.41. The third-order valence-electron chi connectivity index (χ3n) is 3.23. The minimum atomic E-state index is 0.569. The molecule has 0 N–H and O–H groups in total. The second-order valence-corrected chi connectivity index (χ2v) is 4.88. The van der Waals surface area contributed by atoms with E-state index in [4.69, 9.17) is 4.74 Å².